The van der Waals surface area contributed by atoms with Gasteiger partial charge in [-0.05, 0) is 12.1 Å². The van der Waals surface area contributed by atoms with E-state index in [2.05, 4.69) is 14.8 Å². The minimum Gasteiger partial charge on any atom is -0.463 e. The van der Waals surface area contributed by atoms with Crippen LogP contribution in [-0.2, 0) is 4.74 Å². The molecule has 2 aromatic rings. The number of ether oxygens (including phenoxy) is 1. The standard InChI is InChI=1S/C11H7N5O4/c1-20-11(17)10-13-6-15(14-10)9-4-7(5-12)2-3-8(9)16(18)19/h2-4,6H,1H3. The summed E-state index contributed by atoms with van der Waals surface area (Å²) in [4.78, 5) is 25.3. The third-order valence-electron chi connectivity index (χ3n) is 2.41. The van der Waals surface area contributed by atoms with E-state index in [-0.39, 0.29) is 22.8 Å². The van der Waals surface area contributed by atoms with Gasteiger partial charge in [-0.25, -0.2) is 14.5 Å². The third kappa shape index (κ3) is 2.30. The first-order valence-corrected chi connectivity index (χ1v) is 5.25. The quantitative estimate of drug-likeness (QED) is 0.460. The van der Waals surface area contributed by atoms with Crippen LogP contribution in [0.25, 0.3) is 5.69 Å². The number of hydrogen-bond acceptors (Lipinski definition) is 7. The molecule has 0 unspecified atom stereocenters. The summed E-state index contributed by atoms with van der Waals surface area (Å²) in [6, 6.07) is 5.66. The number of nitro benzene ring substituents is 1. The highest BCUT2D eigenvalue weighted by Crippen LogP contribution is 2.23. The molecule has 1 heterocycles. The first-order chi connectivity index (χ1) is 9.56. The third-order valence-corrected chi connectivity index (χ3v) is 2.41. The Labute approximate surface area is 112 Å². The molecule has 0 aliphatic heterocycles. The average molecular weight is 273 g/mol. The molecular formula is C11H7N5O4. The van der Waals surface area contributed by atoms with Crippen LogP contribution < -0.4 is 0 Å². The highest BCUT2D eigenvalue weighted by molar-refractivity contribution is 5.84. The number of hydrogen-bond donors (Lipinski definition) is 0. The molecule has 0 bridgehead atoms. The van der Waals surface area contributed by atoms with Crippen LogP contribution >= 0.6 is 0 Å². The molecular weight excluding hydrogens is 266 g/mol. The maximum atomic E-state index is 11.3. The average Bonchev–Trinajstić information content (AvgIpc) is 2.95. The molecule has 0 aliphatic rings. The molecule has 9 heteroatoms. The lowest BCUT2D eigenvalue weighted by atomic mass is 10.2. The molecule has 0 amide bonds. The summed E-state index contributed by atoms with van der Waals surface area (Å²) in [5.74, 6) is -0.994. The number of benzene rings is 1. The van der Waals surface area contributed by atoms with Crippen molar-refractivity contribution in [3.05, 3.63) is 46.0 Å². The highest BCUT2D eigenvalue weighted by Gasteiger charge is 2.19. The molecule has 0 fully saturated rings. The van der Waals surface area contributed by atoms with Crippen LogP contribution in [0.5, 0.6) is 0 Å². The molecule has 0 radical (unpaired) electrons. The molecule has 100 valence electrons. The SMILES string of the molecule is COC(=O)c1ncn(-c2cc(C#N)ccc2[N+](=O)[O-])n1. The summed E-state index contributed by atoms with van der Waals surface area (Å²) >= 11 is 0. The molecule has 0 saturated carbocycles. The summed E-state index contributed by atoms with van der Waals surface area (Å²) in [5, 5.41) is 23.6. The summed E-state index contributed by atoms with van der Waals surface area (Å²) in [6.45, 7) is 0. The van der Waals surface area contributed by atoms with Crippen LogP contribution in [-0.4, -0.2) is 32.8 Å². The summed E-state index contributed by atoms with van der Waals surface area (Å²) < 4.78 is 5.49. The van der Waals surface area contributed by atoms with E-state index in [9.17, 15) is 14.9 Å². The van der Waals surface area contributed by atoms with Crippen LogP contribution in [0.1, 0.15) is 16.2 Å². The lowest BCUT2D eigenvalue weighted by Crippen LogP contribution is -2.06. The van der Waals surface area contributed by atoms with E-state index in [1.165, 1.54) is 25.3 Å². The number of carbonyl (C=O) groups excluding carboxylic acids is 1. The van der Waals surface area contributed by atoms with Gasteiger partial charge in [0.1, 0.15) is 12.0 Å². The maximum Gasteiger partial charge on any atom is 0.377 e. The fourth-order valence-corrected chi connectivity index (χ4v) is 1.49. The number of nitrogens with zero attached hydrogens (tertiary/aromatic N) is 5. The van der Waals surface area contributed by atoms with Crippen molar-refractivity contribution in [3.63, 3.8) is 0 Å². The van der Waals surface area contributed by atoms with E-state index in [1.54, 1.807) is 0 Å². The number of nitriles is 1. The Bertz CT molecular complexity index is 731. The van der Waals surface area contributed by atoms with Gasteiger partial charge in [0.15, 0.2) is 0 Å². The van der Waals surface area contributed by atoms with Gasteiger partial charge < -0.3 is 4.74 Å². The Morgan fingerprint density at radius 3 is 2.90 bits per heavy atom. The number of methoxy groups -OCH3 is 1. The maximum absolute atomic E-state index is 11.3. The Hall–Kier alpha value is -3.28. The van der Waals surface area contributed by atoms with Gasteiger partial charge in [-0.2, -0.15) is 5.26 Å². The number of carbonyl (C=O) groups is 1. The van der Waals surface area contributed by atoms with E-state index in [0.717, 1.165) is 11.0 Å². The van der Waals surface area contributed by atoms with E-state index >= 15 is 0 Å². The van der Waals surface area contributed by atoms with Crippen molar-refractivity contribution >= 4 is 11.7 Å². The van der Waals surface area contributed by atoms with Crippen molar-refractivity contribution < 1.29 is 14.5 Å². The van der Waals surface area contributed by atoms with Gasteiger partial charge in [-0.3, -0.25) is 10.1 Å². The van der Waals surface area contributed by atoms with Gasteiger partial charge >= 0.3 is 5.97 Å². The summed E-state index contributed by atoms with van der Waals surface area (Å²) in [6.07, 6.45) is 1.13. The predicted octanol–water partition coefficient (Wildman–Crippen LogP) is 0.834. The molecule has 1 aromatic heterocycles. The van der Waals surface area contributed by atoms with Crippen molar-refractivity contribution in [2.45, 2.75) is 0 Å². The van der Waals surface area contributed by atoms with E-state index in [0.29, 0.717) is 0 Å². The Kier molecular flexibility index (Phi) is 3.39. The first kappa shape index (κ1) is 13.2. The smallest absolute Gasteiger partial charge is 0.377 e. The predicted molar refractivity (Wildman–Crippen MR) is 64.1 cm³/mol. The van der Waals surface area contributed by atoms with Crippen molar-refractivity contribution in [3.8, 4) is 11.8 Å². The molecule has 0 spiro atoms. The second-order valence-electron chi connectivity index (χ2n) is 3.58. The second kappa shape index (κ2) is 5.15. The summed E-state index contributed by atoms with van der Waals surface area (Å²) in [7, 11) is 1.17. The fourth-order valence-electron chi connectivity index (χ4n) is 1.49. The largest absolute Gasteiger partial charge is 0.463 e. The number of esters is 1. The van der Waals surface area contributed by atoms with Crippen molar-refractivity contribution in [1.82, 2.24) is 14.8 Å². The van der Waals surface area contributed by atoms with Crippen LogP contribution in [0, 0.1) is 21.4 Å². The Morgan fingerprint density at radius 2 is 2.30 bits per heavy atom. The van der Waals surface area contributed by atoms with Crippen molar-refractivity contribution in [2.24, 2.45) is 0 Å². The lowest BCUT2D eigenvalue weighted by molar-refractivity contribution is -0.384. The fraction of sp³-hybridized carbons (Fsp3) is 0.0909. The molecule has 20 heavy (non-hydrogen) atoms. The molecule has 1 aromatic carbocycles. The van der Waals surface area contributed by atoms with Gasteiger partial charge in [0.2, 0.25) is 0 Å². The normalized spacial score (nSPS) is 9.80. The van der Waals surface area contributed by atoms with Gasteiger partial charge in [0.25, 0.3) is 11.5 Å². The minimum absolute atomic E-state index is 0.0386. The monoisotopic (exact) mass is 273 g/mol. The second-order valence-corrected chi connectivity index (χ2v) is 3.58. The van der Waals surface area contributed by atoms with Gasteiger partial charge in [0.05, 0.1) is 23.7 Å². The lowest BCUT2D eigenvalue weighted by Gasteiger charge is -2.02. The van der Waals surface area contributed by atoms with Crippen molar-refractivity contribution in [1.29, 1.82) is 5.26 Å². The van der Waals surface area contributed by atoms with Gasteiger partial charge in [-0.1, -0.05) is 0 Å². The van der Waals surface area contributed by atoms with Crippen LogP contribution in [0.15, 0.2) is 24.5 Å². The summed E-state index contributed by atoms with van der Waals surface area (Å²) in [5.41, 5.74) is 0.00253. The molecule has 0 aliphatic carbocycles. The molecule has 0 atom stereocenters. The van der Waals surface area contributed by atoms with Crippen LogP contribution in [0.2, 0.25) is 0 Å². The Balaban J connectivity index is 2.56. The number of rotatable bonds is 3. The zero-order valence-corrected chi connectivity index (χ0v) is 10.2. The zero-order chi connectivity index (χ0) is 14.7. The first-order valence-electron chi connectivity index (χ1n) is 5.25. The minimum atomic E-state index is -0.761. The molecule has 2 rings (SSSR count). The number of aromatic nitrogens is 3. The highest BCUT2D eigenvalue weighted by atomic mass is 16.6. The topological polar surface area (TPSA) is 124 Å². The van der Waals surface area contributed by atoms with Gasteiger partial charge in [-0.15, -0.1) is 5.10 Å². The molecule has 0 saturated heterocycles. The Morgan fingerprint density at radius 1 is 1.55 bits per heavy atom. The molecule has 0 N–H and O–H groups in total. The van der Waals surface area contributed by atoms with Gasteiger partial charge in [0, 0.05) is 6.07 Å². The van der Waals surface area contributed by atoms with Crippen LogP contribution in [0.3, 0.4) is 0 Å². The zero-order valence-electron chi connectivity index (χ0n) is 10.2. The van der Waals surface area contributed by atoms with Crippen LogP contribution in [0.4, 0.5) is 5.69 Å². The van der Waals surface area contributed by atoms with E-state index < -0.39 is 10.9 Å². The number of nitro groups is 1. The van der Waals surface area contributed by atoms with Crippen molar-refractivity contribution in [2.75, 3.05) is 7.11 Å². The van der Waals surface area contributed by atoms with E-state index in [4.69, 9.17) is 5.26 Å². The molecule has 9 nitrogen and oxygen atoms in total. The van der Waals surface area contributed by atoms with E-state index in [1.807, 2.05) is 6.07 Å².